The van der Waals surface area contributed by atoms with Crippen LogP contribution in [0.15, 0.2) is 65.1 Å². The maximum absolute atomic E-state index is 13.4. The highest BCUT2D eigenvalue weighted by atomic mass is 79.9. The Morgan fingerprint density at radius 3 is 2.41 bits per heavy atom. The Morgan fingerprint density at radius 2 is 1.78 bits per heavy atom. The summed E-state index contributed by atoms with van der Waals surface area (Å²) in [5, 5.41) is 18.7. The van der Waals surface area contributed by atoms with E-state index in [2.05, 4.69) is 22.0 Å². The quantitative estimate of drug-likeness (QED) is 0.291. The summed E-state index contributed by atoms with van der Waals surface area (Å²) >= 11 is 3.50. The fourth-order valence-electron chi connectivity index (χ4n) is 2.96. The Labute approximate surface area is 193 Å². The molecule has 0 amide bonds. The van der Waals surface area contributed by atoms with Crippen LogP contribution in [0.5, 0.6) is 11.5 Å². The van der Waals surface area contributed by atoms with E-state index in [9.17, 15) is 14.4 Å². The van der Waals surface area contributed by atoms with Crippen LogP contribution in [0.3, 0.4) is 0 Å². The normalized spacial score (nSPS) is 11.0. The average Bonchev–Trinajstić information content (AvgIpc) is 2.78. The molecule has 0 atom stereocenters. The van der Waals surface area contributed by atoms with Gasteiger partial charge in [0.25, 0.3) is 0 Å². The summed E-state index contributed by atoms with van der Waals surface area (Å²) in [6, 6.07) is 17.9. The highest BCUT2D eigenvalue weighted by Crippen LogP contribution is 2.36. The lowest BCUT2D eigenvalue weighted by Gasteiger charge is -2.14. The first-order valence-corrected chi connectivity index (χ1v) is 10.5. The largest absolute Gasteiger partial charge is 0.490 e. The molecule has 5 nitrogen and oxygen atoms in total. The Balaban J connectivity index is 1.91. The summed E-state index contributed by atoms with van der Waals surface area (Å²) in [4.78, 5) is 11.0. The molecule has 0 aliphatic rings. The number of carboxylic acids is 1. The molecule has 0 radical (unpaired) electrons. The number of rotatable bonds is 8. The Kier molecular flexibility index (Phi) is 7.63. The lowest BCUT2D eigenvalue weighted by atomic mass is 10.0. The summed E-state index contributed by atoms with van der Waals surface area (Å²) < 4.78 is 25.7. The van der Waals surface area contributed by atoms with Gasteiger partial charge in [-0.05, 0) is 66.1 Å². The van der Waals surface area contributed by atoms with Gasteiger partial charge in [-0.15, -0.1) is 0 Å². The summed E-state index contributed by atoms with van der Waals surface area (Å²) in [7, 11) is 0. The first kappa shape index (κ1) is 23.0. The van der Waals surface area contributed by atoms with E-state index in [0.29, 0.717) is 44.8 Å². The third-order valence-corrected chi connectivity index (χ3v) is 5.20. The molecule has 0 aliphatic carbocycles. The average molecular weight is 496 g/mol. The van der Waals surface area contributed by atoms with E-state index in [4.69, 9.17) is 14.6 Å². The minimum Gasteiger partial charge on any atom is -0.490 e. The van der Waals surface area contributed by atoms with Crippen molar-refractivity contribution in [1.82, 2.24) is 0 Å². The van der Waals surface area contributed by atoms with Crippen molar-refractivity contribution in [3.05, 3.63) is 93.2 Å². The SMILES string of the molecule is CCOc1cc(/C=C(/C#N)c2ccc(C(=O)O)cc2)c(Br)cc1OCc1cccc(F)c1. The minimum absolute atomic E-state index is 0.144. The molecule has 7 heteroatoms. The highest BCUT2D eigenvalue weighted by Gasteiger charge is 2.12. The first-order valence-electron chi connectivity index (χ1n) is 9.70. The van der Waals surface area contributed by atoms with Crippen molar-refractivity contribution in [1.29, 1.82) is 5.26 Å². The number of nitrogens with zero attached hydrogens (tertiary/aromatic N) is 1. The van der Waals surface area contributed by atoms with Crippen molar-refractivity contribution >= 4 is 33.5 Å². The molecule has 0 aliphatic heterocycles. The van der Waals surface area contributed by atoms with Gasteiger partial charge in [0.05, 0.1) is 23.8 Å². The molecule has 3 aromatic rings. The van der Waals surface area contributed by atoms with Crippen molar-refractivity contribution in [2.75, 3.05) is 6.61 Å². The molecule has 0 saturated carbocycles. The van der Waals surface area contributed by atoms with Gasteiger partial charge in [0.15, 0.2) is 11.5 Å². The van der Waals surface area contributed by atoms with E-state index in [0.717, 1.165) is 0 Å². The fourth-order valence-corrected chi connectivity index (χ4v) is 3.40. The fraction of sp³-hybridized carbons (Fsp3) is 0.120. The van der Waals surface area contributed by atoms with Crippen molar-refractivity contribution in [3.63, 3.8) is 0 Å². The van der Waals surface area contributed by atoms with Gasteiger partial charge in [-0.1, -0.05) is 40.2 Å². The molecule has 0 bridgehead atoms. The van der Waals surface area contributed by atoms with Crippen molar-refractivity contribution in [3.8, 4) is 17.6 Å². The molecular formula is C25H19BrFNO4. The zero-order valence-corrected chi connectivity index (χ0v) is 18.7. The monoisotopic (exact) mass is 495 g/mol. The van der Waals surface area contributed by atoms with Crippen LogP contribution in [-0.4, -0.2) is 17.7 Å². The van der Waals surface area contributed by atoms with Gasteiger partial charge in [0, 0.05) is 4.47 Å². The van der Waals surface area contributed by atoms with E-state index in [1.54, 1.807) is 42.5 Å². The maximum Gasteiger partial charge on any atom is 0.335 e. The number of halogens is 2. The number of carbonyl (C=O) groups is 1. The summed E-state index contributed by atoms with van der Waals surface area (Å²) in [5.74, 6) is -0.406. The third kappa shape index (κ3) is 5.74. The molecule has 0 heterocycles. The lowest BCUT2D eigenvalue weighted by Crippen LogP contribution is -2.01. The third-order valence-electron chi connectivity index (χ3n) is 4.51. The van der Waals surface area contributed by atoms with Crippen LogP contribution in [0.4, 0.5) is 4.39 Å². The lowest BCUT2D eigenvalue weighted by molar-refractivity contribution is 0.0697. The number of aromatic carboxylic acids is 1. The van der Waals surface area contributed by atoms with Crippen molar-refractivity contribution in [2.24, 2.45) is 0 Å². The van der Waals surface area contributed by atoms with Gasteiger partial charge in [-0.25, -0.2) is 9.18 Å². The van der Waals surface area contributed by atoms with Crippen molar-refractivity contribution in [2.45, 2.75) is 13.5 Å². The number of hydrogen-bond acceptors (Lipinski definition) is 4. The van der Waals surface area contributed by atoms with Crippen LogP contribution in [0.2, 0.25) is 0 Å². The van der Waals surface area contributed by atoms with Crippen LogP contribution >= 0.6 is 15.9 Å². The van der Waals surface area contributed by atoms with Gasteiger partial charge in [-0.2, -0.15) is 5.26 Å². The Morgan fingerprint density at radius 1 is 1.09 bits per heavy atom. The predicted molar refractivity (Wildman–Crippen MR) is 123 cm³/mol. The Bertz CT molecular complexity index is 1200. The molecule has 0 spiro atoms. The number of hydrogen-bond donors (Lipinski definition) is 1. The molecular weight excluding hydrogens is 477 g/mol. The van der Waals surface area contributed by atoms with E-state index < -0.39 is 5.97 Å². The number of nitriles is 1. The molecule has 0 unspecified atom stereocenters. The van der Waals surface area contributed by atoms with Gasteiger partial charge in [-0.3, -0.25) is 0 Å². The van der Waals surface area contributed by atoms with E-state index in [-0.39, 0.29) is 18.0 Å². The van der Waals surface area contributed by atoms with E-state index in [1.807, 2.05) is 6.92 Å². The maximum atomic E-state index is 13.4. The molecule has 3 rings (SSSR count). The van der Waals surface area contributed by atoms with Crippen LogP contribution in [0, 0.1) is 17.1 Å². The van der Waals surface area contributed by atoms with Crippen molar-refractivity contribution < 1.29 is 23.8 Å². The zero-order valence-electron chi connectivity index (χ0n) is 17.1. The Hall–Kier alpha value is -3.63. The molecule has 162 valence electrons. The summed E-state index contributed by atoms with van der Waals surface area (Å²) in [5.41, 5.74) is 2.47. The standard InChI is InChI=1S/C25H19BrFNO4/c1-2-31-23-12-19(11-20(14-28)17-6-8-18(9-7-17)25(29)30)22(26)13-24(23)32-15-16-4-3-5-21(27)10-16/h3-13H,2,15H2,1H3,(H,29,30)/b20-11-. The van der Waals surface area contributed by atoms with E-state index in [1.165, 1.54) is 24.3 Å². The summed E-state index contributed by atoms with van der Waals surface area (Å²) in [6.45, 7) is 2.42. The molecule has 32 heavy (non-hydrogen) atoms. The van der Waals surface area contributed by atoms with Crippen LogP contribution < -0.4 is 9.47 Å². The molecule has 3 aromatic carbocycles. The second-order valence-corrected chi connectivity index (χ2v) is 7.58. The van der Waals surface area contributed by atoms with Gasteiger partial charge >= 0.3 is 5.97 Å². The number of carboxylic acid groups (broad SMARTS) is 1. The number of allylic oxidation sites excluding steroid dienone is 1. The topological polar surface area (TPSA) is 79.5 Å². The van der Waals surface area contributed by atoms with Crippen LogP contribution in [0.25, 0.3) is 11.6 Å². The minimum atomic E-state index is -1.03. The van der Waals surface area contributed by atoms with Crippen LogP contribution in [-0.2, 0) is 6.61 Å². The molecule has 1 N–H and O–H groups in total. The van der Waals surface area contributed by atoms with E-state index >= 15 is 0 Å². The first-order chi connectivity index (χ1) is 15.4. The van der Waals surface area contributed by atoms with Gasteiger partial charge in [0.1, 0.15) is 12.4 Å². The molecule has 0 fully saturated rings. The van der Waals surface area contributed by atoms with Gasteiger partial charge in [0.2, 0.25) is 0 Å². The molecule has 0 saturated heterocycles. The molecule has 0 aromatic heterocycles. The summed E-state index contributed by atoms with van der Waals surface area (Å²) in [6.07, 6.45) is 1.68. The second-order valence-electron chi connectivity index (χ2n) is 6.72. The zero-order chi connectivity index (χ0) is 23.1. The predicted octanol–water partition coefficient (Wildman–Crippen LogP) is 6.33. The number of ether oxygens (including phenoxy) is 2. The second kappa shape index (κ2) is 10.6. The highest BCUT2D eigenvalue weighted by molar-refractivity contribution is 9.10. The smallest absolute Gasteiger partial charge is 0.335 e. The van der Waals surface area contributed by atoms with Crippen LogP contribution in [0.1, 0.15) is 34.0 Å². The number of benzene rings is 3. The van der Waals surface area contributed by atoms with Gasteiger partial charge < -0.3 is 14.6 Å².